The first kappa shape index (κ1) is 23.3. The number of hydrogen-bond donors (Lipinski definition) is 1. The van der Waals surface area contributed by atoms with E-state index >= 15 is 0 Å². The second-order valence-electron chi connectivity index (χ2n) is 7.99. The molecule has 0 bridgehead atoms. The standard InChI is InChI=1S/C24H17F5N4O/c25-15-1-2-18(26)17(10-15)16-5-8-31-21(13-3-6-24(28,29)7-4-13)22(16)33-23(34)14-9-19(27)20(11-30)32-12-14/h1-2,5,8-10,12-13H,3-4,6-7H2,(H,33,34). The van der Waals surface area contributed by atoms with Gasteiger partial charge in [0.05, 0.1) is 16.9 Å². The van der Waals surface area contributed by atoms with E-state index in [4.69, 9.17) is 5.26 Å². The molecule has 0 saturated heterocycles. The summed E-state index contributed by atoms with van der Waals surface area (Å²) < 4.78 is 70.0. The van der Waals surface area contributed by atoms with Gasteiger partial charge in [0, 0.05) is 42.3 Å². The van der Waals surface area contributed by atoms with E-state index in [1.165, 1.54) is 12.3 Å². The Morgan fingerprint density at radius 3 is 2.44 bits per heavy atom. The maximum atomic E-state index is 14.6. The predicted molar refractivity (Wildman–Crippen MR) is 113 cm³/mol. The molecule has 0 aliphatic heterocycles. The van der Waals surface area contributed by atoms with Crippen molar-refractivity contribution >= 4 is 11.6 Å². The maximum Gasteiger partial charge on any atom is 0.257 e. The molecule has 1 fully saturated rings. The normalized spacial score (nSPS) is 15.5. The minimum Gasteiger partial charge on any atom is -0.320 e. The van der Waals surface area contributed by atoms with Crippen molar-refractivity contribution in [1.29, 1.82) is 5.26 Å². The lowest BCUT2D eigenvalue weighted by Gasteiger charge is -2.29. The Morgan fingerprint density at radius 1 is 1.03 bits per heavy atom. The fourth-order valence-electron chi connectivity index (χ4n) is 3.99. The molecule has 0 radical (unpaired) electrons. The number of rotatable bonds is 4. The lowest BCUT2D eigenvalue weighted by molar-refractivity contribution is -0.0384. The van der Waals surface area contributed by atoms with Gasteiger partial charge in [-0.05, 0) is 43.2 Å². The zero-order chi connectivity index (χ0) is 24.5. The van der Waals surface area contributed by atoms with Crippen LogP contribution in [-0.4, -0.2) is 21.8 Å². The lowest BCUT2D eigenvalue weighted by Crippen LogP contribution is -2.25. The Labute approximate surface area is 191 Å². The lowest BCUT2D eigenvalue weighted by atomic mass is 9.83. The molecule has 1 saturated carbocycles. The topological polar surface area (TPSA) is 78.7 Å². The number of pyridine rings is 2. The molecule has 1 aliphatic carbocycles. The predicted octanol–water partition coefficient (Wildman–Crippen LogP) is 5.98. The molecule has 4 rings (SSSR count). The third-order valence-corrected chi connectivity index (χ3v) is 5.75. The number of aromatic nitrogens is 2. The number of carbonyl (C=O) groups excluding carboxylic acids is 1. The van der Waals surface area contributed by atoms with Gasteiger partial charge in [0.25, 0.3) is 5.91 Å². The van der Waals surface area contributed by atoms with E-state index in [-0.39, 0.29) is 53.8 Å². The molecule has 0 spiro atoms. The van der Waals surface area contributed by atoms with Gasteiger partial charge in [-0.1, -0.05) is 0 Å². The number of carbonyl (C=O) groups is 1. The highest BCUT2D eigenvalue weighted by atomic mass is 19.3. The average Bonchev–Trinajstić information content (AvgIpc) is 2.81. The van der Waals surface area contributed by atoms with Crippen LogP contribution in [0.5, 0.6) is 0 Å². The average molecular weight is 472 g/mol. The van der Waals surface area contributed by atoms with E-state index in [1.54, 1.807) is 6.07 Å². The van der Waals surface area contributed by atoms with Crippen LogP contribution in [0.1, 0.15) is 53.3 Å². The van der Waals surface area contributed by atoms with E-state index in [9.17, 15) is 26.7 Å². The summed E-state index contributed by atoms with van der Waals surface area (Å²) in [5, 5.41) is 11.4. The number of anilines is 1. The van der Waals surface area contributed by atoms with Gasteiger partial charge in [0.1, 0.15) is 17.7 Å². The van der Waals surface area contributed by atoms with Gasteiger partial charge in [-0.3, -0.25) is 9.78 Å². The zero-order valence-corrected chi connectivity index (χ0v) is 17.6. The molecular formula is C24H17F5N4O. The largest absolute Gasteiger partial charge is 0.320 e. The first-order valence-corrected chi connectivity index (χ1v) is 10.4. The number of hydrogen-bond acceptors (Lipinski definition) is 4. The number of alkyl halides is 2. The quantitative estimate of drug-likeness (QED) is 0.474. The Balaban J connectivity index is 1.79. The minimum atomic E-state index is -2.81. The Kier molecular flexibility index (Phi) is 6.28. The molecule has 1 aliphatic rings. The maximum absolute atomic E-state index is 14.6. The van der Waals surface area contributed by atoms with Crippen molar-refractivity contribution in [3.8, 4) is 17.2 Å². The molecule has 5 nitrogen and oxygen atoms in total. The number of benzene rings is 1. The van der Waals surface area contributed by atoms with Crippen LogP contribution in [0.4, 0.5) is 27.6 Å². The molecule has 0 unspecified atom stereocenters. The second-order valence-corrected chi connectivity index (χ2v) is 7.99. The number of amides is 1. The van der Waals surface area contributed by atoms with Gasteiger partial charge in [-0.15, -0.1) is 0 Å². The van der Waals surface area contributed by atoms with Crippen LogP contribution in [0.3, 0.4) is 0 Å². The highest BCUT2D eigenvalue weighted by Gasteiger charge is 2.37. The first-order chi connectivity index (χ1) is 16.2. The zero-order valence-electron chi connectivity index (χ0n) is 17.6. The van der Waals surface area contributed by atoms with Crippen molar-refractivity contribution < 1.29 is 26.7 Å². The summed E-state index contributed by atoms with van der Waals surface area (Å²) in [6.07, 6.45) is 1.72. The molecule has 1 aromatic carbocycles. The Morgan fingerprint density at radius 2 is 1.76 bits per heavy atom. The molecule has 2 aromatic heterocycles. The third kappa shape index (κ3) is 4.73. The summed E-state index contributed by atoms with van der Waals surface area (Å²) in [4.78, 5) is 20.8. The van der Waals surface area contributed by atoms with E-state index in [0.29, 0.717) is 0 Å². The van der Waals surface area contributed by atoms with Crippen LogP contribution in [-0.2, 0) is 0 Å². The van der Waals surface area contributed by atoms with E-state index in [1.807, 2.05) is 0 Å². The van der Waals surface area contributed by atoms with Crippen LogP contribution in [0.15, 0.2) is 42.7 Å². The highest BCUT2D eigenvalue weighted by Crippen LogP contribution is 2.44. The van der Waals surface area contributed by atoms with Gasteiger partial charge >= 0.3 is 0 Å². The number of nitrogens with one attached hydrogen (secondary N) is 1. The van der Waals surface area contributed by atoms with E-state index in [0.717, 1.165) is 30.5 Å². The van der Waals surface area contributed by atoms with Crippen LogP contribution >= 0.6 is 0 Å². The third-order valence-electron chi connectivity index (χ3n) is 5.75. The first-order valence-electron chi connectivity index (χ1n) is 10.4. The molecule has 10 heteroatoms. The van der Waals surface area contributed by atoms with Crippen LogP contribution in [0, 0.1) is 28.8 Å². The SMILES string of the molecule is N#Cc1ncc(C(=O)Nc2c(-c3cc(F)ccc3F)ccnc2C2CCC(F)(F)CC2)cc1F. The van der Waals surface area contributed by atoms with Gasteiger partial charge in [0.2, 0.25) is 5.92 Å². The molecule has 174 valence electrons. The van der Waals surface area contributed by atoms with Crippen molar-refractivity contribution in [2.24, 2.45) is 0 Å². The van der Waals surface area contributed by atoms with Crippen LogP contribution < -0.4 is 5.32 Å². The summed E-state index contributed by atoms with van der Waals surface area (Å²) in [5.41, 5.74) is -0.542. The van der Waals surface area contributed by atoms with Crippen molar-refractivity contribution in [3.05, 3.63) is 77.1 Å². The molecule has 0 atom stereocenters. The van der Waals surface area contributed by atoms with Crippen molar-refractivity contribution in [2.75, 3.05) is 5.32 Å². The number of halogens is 5. The molecule has 1 amide bonds. The summed E-state index contributed by atoms with van der Waals surface area (Å²) >= 11 is 0. The minimum absolute atomic E-state index is 0.0111. The smallest absolute Gasteiger partial charge is 0.257 e. The molecule has 34 heavy (non-hydrogen) atoms. The van der Waals surface area contributed by atoms with Crippen molar-refractivity contribution in [1.82, 2.24) is 9.97 Å². The van der Waals surface area contributed by atoms with Gasteiger partial charge in [0.15, 0.2) is 11.5 Å². The van der Waals surface area contributed by atoms with Gasteiger partial charge in [-0.2, -0.15) is 5.26 Å². The Hall–Kier alpha value is -3.87. The van der Waals surface area contributed by atoms with Crippen LogP contribution in [0.2, 0.25) is 0 Å². The fourth-order valence-corrected chi connectivity index (χ4v) is 3.99. The summed E-state index contributed by atoms with van der Waals surface area (Å²) in [5.74, 6) is -6.62. The van der Waals surface area contributed by atoms with E-state index in [2.05, 4.69) is 15.3 Å². The molecule has 2 heterocycles. The molecular weight excluding hydrogens is 455 g/mol. The summed E-state index contributed by atoms with van der Waals surface area (Å²) in [6, 6.07) is 6.55. The Bertz CT molecular complexity index is 1300. The van der Waals surface area contributed by atoms with E-state index < -0.39 is 40.9 Å². The van der Waals surface area contributed by atoms with Crippen LogP contribution in [0.25, 0.3) is 11.1 Å². The molecule has 3 aromatic rings. The highest BCUT2D eigenvalue weighted by molar-refractivity contribution is 6.06. The van der Waals surface area contributed by atoms with Gasteiger partial charge in [-0.25, -0.2) is 26.9 Å². The summed E-state index contributed by atoms with van der Waals surface area (Å²) in [6.45, 7) is 0. The number of nitriles is 1. The van der Waals surface area contributed by atoms with Gasteiger partial charge < -0.3 is 5.32 Å². The summed E-state index contributed by atoms with van der Waals surface area (Å²) in [7, 11) is 0. The monoisotopic (exact) mass is 472 g/mol. The van der Waals surface area contributed by atoms with Crippen molar-refractivity contribution in [2.45, 2.75) is 37.5 Å². The van der Waals surface area contributed by atoms with Crippen molar-refractivity contribution in [3.63, 3.8) is 0 Å². The second kappa shape index (κ2) is 9.17. The molecule has 1 N–H and O–H groups in total. The fraction of sp³-hybridized carbons (Fsp3) is 0.250. The number of nitrogens with zero attached hydrogens (tertiary/aromatic N) is 3.